The molecule has 0 unspecified atom stereocenters. The van der Waals surface area contributed by atoms with Crippen molar-refractivity contribution in [2.75, 3.05) is 29.0 Å². The van der Waals surface area contributed by atoms with Crippen molar-refractivity contribution < 1.29 is 13.6 Å². The van der Waals surface area contributed by atoms with Crippen LogP contribution >= 0.6 is 11.3 Å². The first-order valence-corrected chi connectivity index (χ1v) is 10.6. The van der Waals surface area contributed by atoms with E-state index in [2.05, 4.69) is 39.5 Å². The molecule has 1 aromatic carbocycles. The van der Waals surface area contributed by atoms with Gasteiger partial charge in [0.2, 0.25) is 0 Å². The first kappa shape index (κ1) is 21.2. The van der Waals surface area contributed by atoms with Crippen molar-refractivity contribution in [3.8, 4) is 10.6 Å². The molecule has 1 aliphatic heterocycles. The smallest absolute Gasteiger partial charge is 0.277 e. The third kappa shape index (κ3) is 3.98. The molecule has 0 bridgehead atoms. The Morgan fingerprint density at radius 3 is 2.74 bits per heavy atom. The maximum Gasteiger partial charge on any atom is 0.277 e. The van der Waals surface area contributed by atoms with Crippen molar-refractivity contribution in [3.05, 3.63) is 41.7 Å². The Labute approximate surface area is 182 Å². The van der Waals surface area contributed by atoms with Gasteiger partial charge in [0.1, 0.15) is 27.3 Å². The van der Waals surface area contributed by atoms with Crippen molar-refractivity contribution in [2.24, 2.45) is 7.05 Å². The topological polar surface area (TPSA) is 101 Å². The maximum atomic E-state index is 14.1. The number of anilines is 3. The number of nitrogens with zero attached hydrogens (tertiary/aromatic N) is 4. The van der Waals surface area contributed by atoms with Crippen LogP contribution in [0.5, 0.6) is 0 Å². The zero-order chi connectivity index (χ0) is 22.3. The summed E-state index contributed by atoms with van der Waals surface area (Å²) in [6.45, 7) is 5.73. The van der Waals surface area contributed by atoms with E-state index in [-0.39, 0.29) is 33.3 Å². The Morgan fingerprint density at radius 2 is 2.03 bits per heavy atom. The summed E-state index contributed by atoms with van der Waals surface area (Å²) in [5, 5.41) is 10.6. The van der Waals surface area contributed by atoms with Crippen LogP contribution in [0.4, 0.5) is 25.3 Å². The fourth-order valence-electron chi connectivity index (χ4n) is 3.66. The number of carbonyl (C=O) groups excluding carboxylic acids is 1. The number of benzene rings is 1. The molecule has 0 radical (unpaired) electrons. The van der Waals surface area contributed by atoms with Crippen LogP contribution in [-0.2, 0) is 7.05 Å². The van der Waals surface area contributed by atoms with E-state index in [4.69, 9.17) is 5.73 Å². The van der Waals surface area contributed by atoms with E-state index in [1.165, 1.54) is 6.07 Å². The van der Waals surface area contributed by atoms with Crippen molar-refractivity contribution in [1.82, 2.24) is 20.1 Å². The van der Waals surface area contributed by atoms with Crippen LogP contribution in [0.3, 0.4) is 0 Å². The molecule has 1 saturated heterocycles. The molecule has 8 nitrogen and oxygen atoms in total. The number of halogens is 2. The van der Waals surface area contributed by atoms with Crippen LogP contribution in [0, 0.1) is 11.6 Å². The van der Waals surface area contributed by atoms with Crippen LogP contribution in [0.25, 0.3) is 10.6 Å². The molecule has 2 aromatic heterocycles. The molecule has 1 amide bonds. The number of nitrogens with one attached hydrogen (secondary N) is 2. The SMILES string of the molecule is C[C@H]1CN(c2c(NC(=O)c3nc(-c4c(F)cccc4F)sc3N)cnn2C)[C@@H](C)CN1. The summed E-state index contributed by atoms with van der Waals surface area (Å²) in [4.78, 5) is 19.2. The molecular formula is C20H23F2N7OS. The standard InChI is InChI=1S/C20H23F2N7OS/c1-10-9-29(11(2)7-24-10)20-14(8-25-28(20)3)26-18(30)16-17(23)31-19(27-16)15-12(21)5-4-6-13(15)22/h4-6,8,10-11,24H,7,9,23H2,1-3H3,(H,26,30)/t10-,11-/m0/s1. The zero-order valence-corrected chi connectivity index (χ0v) is 18.1. The Morgan fingerprint density at radius 1 is 1.32 bits per heavy atom. The van der Waals surface area contributed by atoms with Crippen molar-refractivity contribution in [3.63, 3.8) is 0 Å². The predicted molar refractivity (Wildman–Crippen MR) is 117 cm³/mol. The molecule has 3 heterocycles. The number of aryl methyl sites for hydroxylation is 1. The van der Waals surface area contributed by atoms with Crippen molar-refractivity contribution in [2.45, 2.75) is 25.9 Å². The molecule has 1 aliphatic rings. The third-order valence-electron chi connectivity index (χ3n) is 5.24. The molecule has 0 saturated carbocycles. The van der Waals surface area contributed by atoms with Gasteiger partial charge in [-0.2, -0.15) is 5.10 Å². The maximum absolute atomic E-state index is 14.1. The van der Waals surface area contributed by atoms with Crippen LogP contribution in [0.2, 0.25) is 0 Å². The summed E-state index contributed by atoms with van der Waals surface area (Å²) >= 11 is 0.859. The van der Waals surface area contributed by atoms with Crippen LogP contribution in [0.15, 0.2) is 24.4 Å². The zero-order valence-electron chi connectivity index (χ0n) is 17.3. The van der Waals surface area contributed by atoms with Gasteiger partial charge in [0.05, 0.1) is 11.8 Å². The second kappa shape index (κ2) is 8.23. The van der Waals surface area contributed by atoms with Gasteiger partial charge in [-0.3, -0.25) is 9.48 Å². The van der Waals surface area contributed by atoms with Crippen molar-refractivity contribution >= 4 is 33.8 Å². The van der Waals surface area contributed by atoms with Crippen LogP contribution < -0.4 is 21.3 Å². The monoisotopic (exact) mass is 447 g/mol. The average molecular weight is 448 g/mol. The number of hydrogen-bond acceptors (Lipinski definition) is 7. The fourth-order valence-corrected chi connectivity index (χ4v) is 4.54. The number of carbonyl (C=O) groups is 1. The highest BCUT2D eigenvalue weighted by Gasteiger charge is 2.29. The molecule has 0 spiro atoms. The molecule has 0 aliphatic carbocycles. The average Bonchev–Trinajstić information content (AvgIpc) is 3.26. The van der Waals surface area contributed by atoms with Gasteiger partial charge >= 0.3 is 0 Å². The molecule has 164 valence electrons. The number of rotatable bonds is 4. The molecular weight excluding hydrogens is 424 g/mol. The Bertz CT molecular complexity index is 1110. The summed E-state index contributed by atoms with van der Waals surface area (Å²) in [6.07, 6.45) is 1.56. The third-order valence-corrected chi connectivity index (χ3v) is 6.14. The Hall–Kier alpha value is -3.05. The summed E-state index contributed by atoms with van der Waals surface area (Å²) < 4.78 is 29.9. The van der Waals surface area contributed by atoms with E-state index < -0.39 is 17.5 Å². The van der Waals surface area contributed by atoms with E-state index in [1.54, 1.807) is 17.9 Å². The Kier molecular flexibility index (Phi) is 5.63. The molecule has 31 heavy (non-hydrogen) atoms. The summed E-state index contributed by atoms with van der Waals surface area (Å²) in [5.74, 6) is -1.33. The number of amides is 1. The Balaban J connectivity index is 1.63. The van der Waals surface area contributed by atoms with Gasteiger partial charge in [-0.05, 0) is 26.0 Å². The van der Waals surface area contributed by atoms with E-state index in [9.17, 15) is 13.6 Å². The normalized spacial score (nSPS) is 18.9. The van der Waals surface area contributed by atoms with Crippen LogP contribution in [0.1, 0.15) is 24.3 Å². The number of piperazine rings is 1. The molecule has 2 atom stereocenters. The quantitative estimate of drug-likeness (QED) is 0.569. The number of thiazole rings is 1. The number of nitrogen functional groups attached to an aromatic ring is 1. The lowest BCUT2D eigenvalue weighted by Gasteiger charge is -2.39. The van der Waals surface area contributed by atoms with Gasteiger partial charge in [0, 0.05) is 32.2 Å². The minimum atomic E-state index is -0.767. The summed E-state index contributed by atoms with van der Waals surface area (Å²) in [5.41, 5.74) is 6.10. The summed E-state index contributed by atoms with van der Waals surface area (Å²) in [6, 6.07) is 4.01. The highest BCUT2D eigenvalue weighted by molar-refractivity contribution is 7.19. The number of aromatic nitrogens is 3. The number of hydrogen-bond donors (Lipinski definition) is 3. The van der Waals surface area contributed by atoms with E-state index >= 15 is 0 Å². The number of nitrogens with two attached hydrogens (primary N) is 1. The first-order chi connectivity index (χ1) is 14.8. The highest BCUT2D eigenvalue weighted by Crippen LogP contribution is 2.34. The van der Waals surface area contributed by atoms with Gasteiger partial charge in [0.15, 0.2) is 11.5 Å². The lowest BCUT2D eigenvalue weighted by molar-refractivity contribution is 0.102. The molecule has 3 aromatic rings. The predicted octanol–water partition coefficient (Wildman–Crippen LogP) is 2.84. The molecule has 1 fully saturated rings. The van der Waals surface area contributed by atoms with E-state index in [0.29, 0.717) is 5.69 Å². The lowest BCUT2D eigenvalue weighted by atomic mass is 10.1. The minimum absolute atomic E-state index is 0.00853. The van der Waals surface area contributed by atoms with Gasteiger partial charge < -0.3 is 21.3 Å². The highest BCUT2D eigenvalue weighted by atomic mass is 32.1. The second-order valence-corrected chi connectivity index (χ2v) is 8.63. The molecule has 4 N–H and O–H groups in total. The molecule has 11 heteroatoms. The fraction of sp³-hybridized carbons (Fsp3) is 0.350. The van der Waals surface area contributed by atoms with Gasteiger partial charge in [-0.1, -0.05) is 17.4 Å². The van der Waals surface area contributed by atoms with Gasteiger partial charge in [-0.25, -0.2) is 13.8 Å². The van der Waals surface area contributed by atoms with E-state index in [0.717, 1.165) is 42.4 Å². The van der Waals surface area contributed by atoms with E-state index in [1.807, 2.05) is 0 Å². The van der Waals surface area contributed by atoms with Crippen LogP contribution in [-0.4, -0.2) is 45.8 Å². The lowest BCUT2D eigenvalue weighted by Crippen LogP contribution is -2.55. The summed E-state index contributed by atoms with van der Waals surface area (Å²) in [7, 11) is 1.81. The second-order valence-electron chi connectivity index (χ2n) is 7.60. The van der Waals surface area contributed by atoms with Gasteiger partial charge in [0.25, 0.3) is 5.91 Å². The molecule has 4 rings (SSSR count). The first-order valence-electron chi connectivity index (χ1n) is 9.80. The largest absolute Gasteiger partial charge is 0.389 e. The minimum Gasteiger partial charge on any atom is -0.389 e. The van der Waals surface area contributed by atoms with Gasteiger partial charge in [-0.15, -0.1) is 0 Å². The van der Waals surface area contributed by atoms with Crippen molar-refractivity contribution in [1.29, 1.82) is 0 Å².